The van der Waals surface area contributed by atoms with Crippen LogP contribution in [0.5, 0.6) is 6.01 Å². The molecule has 12 N–H and O–H groups in total. The monoisotopic (exact) mass is 768 g/mol. The van der Waals surface area contributed by atoms with Crippen molar-refractivity contribution in [3.63, 3.8) is 0 Å². The number of halogens is 4. The number of primary amides is 2. The average molecular weight is 769 g/mol. The predicted octanol–water partition coefficient (Wildman–Crippen LogP) is 0.299. The number of nitrogens with zero attached hydrogens (tertiary/aromatic N) is 4. The molecule has 17 nitrogen and oxygen atoms in total. The van der Waals surface area contributed by atoms with Crippen LogP contribution in [0.1, 0.15) is 48.0 Å². The van der Waals surface area contributed by atoms with Gasteiger partial charge in [0, 0.05) is 22.8 Å². The summed E-state index contributed by atoms with van der Waals surface area (Å²) >= 11 is 6.02. The van der Waals surface area contributed by atoms with E-state index in [-0.39, 0.29) is 48.5 Å². The van der Waals surface area contributed by atoms with Crippen LogP contribution in [-0.2, 0) is 19.9 Å². The number of carbonyl (C=O) groups is 4. The minimum atomic E-state index is -5.20. The van der Waals surface area contributed by atoms with Crippen molar-refractivity contribution >= 4 is 74.5 Å². The van der Waals surface area contributed by atoms with E-state index in [1.54, 1.807) is 24.3 Å². The van der Waals surface area contributed by atoms with Gasteiger partial charge in [0.25, 0.3) is 5.91 Å². The van der Waals surface area contributed by atoms with Crippen LogP contribution in [0.3, 0.4) is 0 Å². The number of hydrogen-bond acceptors (Lipinski definition) is 11. The molecular formula is C31H34B2ClF3N12O5. The van der Waals surface area contributed by atoms with Crippen molar-refractivity contribution in [1.82, 2.24) is 25.6 Å². The quantitative estimate of drug-likeness (QED) is 0.0376. The second kappa shape index (κ2) is 16.9. The molecule has 0 spiro atoms. The fourth-order valence-corrected chi connectivity index (χ4v) is 4.99. The first-order valence-electron chi connectivity index (χ1n) is 16.0. The number of benzene rings is 2. The predicted molar refractivity (Wildman–Crippen MR) is 193 cm³/mol. The van der Waals surface area contributed by atoms with E-state index in [9.17, 15) is 32.3 Å². The average Bonchev–Trinajstić information content (AvgIpc) is 3.85. The summed E-state index contributed by atoms with van der Waals surface area (Å²) in [6.45, 7) is 0.111. The summed E-state index contributed by atoms with van der Waals surface area (Å²) < 4.78 is 45.2. The number of alkyl halides is 3. The minimum absolute atomic E-state index is 0.0106. The molecule has 4 rings (SSSR count). The SMILES string of the molecule is [B]C([B])(Oc1nc(Nc2ccc(C(=O)N[C@@H](CCCN=C(N)N)C(=O)N[C@@H](CC(N)=O)C(N)=O)cc2)nc(NC2(c3ccc(Cl)cc3)CC2)n1)C(F)(F)F. The molecule has 1 aromatic heterocycles. The summed E-state index contributed by atoms with van der Waals surface area (Å²) in [6.07, 6.45) is -4.25. The van der Waals surface area contributed by atoms with Crippen LogP contribution in [0, 0.1) is 0 Å². The molecule has 54 heavy (non-hydrogen) atoms. The highest BCUT2D eigenvalue weighted by Crippen LogP contribution is 2.48. The zero-order valence-corrected chi connectivity index (χ0v) is 29.1. The Labute approximate surface area is 313 Å². The lowest BCUT2D eigenvalue weighted by molar-refractivity contribution is -0.187. The van der Waals surface area contributed by atoms with Gasteiger partial charge in [-0.05, 0) is 67.6 Å². The van der Waals surface area contributed by atoms with Crippen molar-refractivity contribution in [2.75, 3.05) is 17.2 Å². The molecule has 1 aliphatic rings. The van der Waals surface area contributed by atoms with Crippen LogP contribution in [0.25, 0.3) is 0 Å². The summed E-state index contributed by atoms with van der Waals surface area (Å²) in [6, 6.07) is 8.99. The molecule has 0 bridgehead atoms. The number of amides is 4. The molecule has 1 saturated carbocycles. The zero-order valence-electron chi connectivity index (χ0n) is 28.3. The molecular weight excluding hydrogens is 734 g/mol. The van der Waals surface area contributed by atoms with Crippen LogP contribution in [0.2, 0.25) is 5.02 Å². The number of aromatic nitrogens is 3. The Bertz CT molecular complexity index is 1880. The van der Waals surface area contributed by atoms with E-state index in [0.29, 0.717) is 17.9 Å². The number of anilines is 3. The number of aliphatic imine (C=N–C) groups is 1. The fraction of sp³-hybridized carbons (Fsp3) is 0.355. The number of ether oxygens (including phenoxy) is 1. The zero-order chi connectivity index (χ0) is 39.8. The summed E-state index contributed by atoms with van der Waals surface area (Å²) in [5.41, 5.74) is 21.6. The van der Waals surface area contributed by atoms with Gasteiger partial charge in [-0.15, -0.1) is 0 Å². The lowest BCUT2D eigenvalue weighted by Crippen LogP contribution is -2.53. The maximum Gasteiger partial charge on any atom is 0.410 e. The normalized spacial score (nSPS) is 14.4. The van der Waals surface area contributed by atoms with E-state index in [2.05, 4.69) is 41.2 Å². The fourth-order valence-electron chi connectivity index (χ4n) is 4.86. The second-order valence-electron chi connectivity index (χ2n) is 12.2. The number of rotatable bonds is 18. The Kier molecular flexibility index (Phi) is 12.8. The summed E-state index contributed by atoms with van der Waals surface area (Å²) in [5.74, 6) is -4.09. The third kappa shape index (κ3) is 11.4. The molecule has 3 aromatic rings. The molecule has 282 valence electrons. The third-order valence-corrected chi connectivity index (χ3v) is 8.10. The molecule has 0 aliphatic heterocycles. The third-order valence-electron chi connectivity index (χ3n) is 7.85. The van der Waals surface area contributed by atoms with Gasteiger partial charge < -0.3 is 48.9 Å². The van der Waals surface area contributed by atoms with Gasteiger partial charge >= 0.3 is 12.2 Å². The number of nitrogens with one attached hydrogen (secondary N) is 4. The van der Waals surface area contributed by atoms with Crippen LogP contribution in [0.15, 0.2) is 53.5 Å². The highest BCUT2D eigenvalue weighted by atomic mass is 35.5. The molecule has 23 heteroatoms. The molecule has 1 fully saturated rings. The molecule has 0 saturated heterocycles. The van der Waals surface area contributed by atoms with E-state index in [1.165, 1.54) is 24.3 Å². The maximum absolute atomic E-state index is 13.5. The van der Waals surface area contributed by atoms with Crippen molar-refractivity contribution in [3.05, 3.63) is 64.7 Å². The summed E-state index contributed by atoms with van der Waals surface area (Å²) in [5, 5.41) is 7.65. The van der Waals surface area contributed by atoms with Gasteiger partial charge in [0.2, 0.25) is 29.6 Å². The first kappa shape index (κ1) is 41.0. The van der Waals surface area contributed by atoms with Crippen molar-refractivity contribution in [3.8, 4) is 6.01 Å². The van der Waals surface area contributed by atoms with E-state index < -0.39 is 65.3 Å². The minimum Gasteiger partial charge on any atom is -0.468 e. The lowest BCUT2D eigenvalue weighted by atomic mass is 9.64. The van der Waals surface area contributed by atoms with Crippen molar-refractivity contribution in [2.45, 2.75) is 61.3 Å². The van der Waals surface area contributed by atoms with Gasteiger partial charge in [-0.25, -0.2) is 0 Å². The van der Waals surface area contributed by atoms with Crippen LogP contribution >= 0.6 is 11.6 Å². The van der Waals surface area contributed by atoms with Crippen molar-refractivity contribution < 1.29 is 37.1 Å². The van der Waals surface area contributed by atoms with Crippen LogP contribution < -0.4 is 48.9 Å². The van der Waals surface area contributed by atoms with E-state index in [1.807, 2.05) is 0 Å². The topological polar surface area (TPSA) is 281 Å². The van der Waals surface area contributed by atoms with Gasteiger partial charge in [0.1, 0.15) is 33.2 Å². The van der Waals surface area contributed by atoms with Crippen LogP contribution in [0.4, 0.5) is 30.8 Å². The first-order valence-corrected chi connectivity index (χ1v) is 16.4. The Morgan fingerprint density at radius 3 is 2.09 bits per heavy atom. The van der Waals surface area contributed by atoms with Gasteiger partial charge in [-0.2, -0.15) is 28.1 Å². The number of nitrogens with two attached hydrogens (primary N) is 4. The number of guanidine groups is 1. The van der Waals surface area contributed by atoms with Gasteiger partial charge in [-0.3, -0.25) is 24.2 Å². The smallest absolute Gasteiger partial charge is 0.410 e. The van der Waals surface area contributed by atoms with E-state index in [0.717, 1.165) is 5.56 Å². The molecule has 2 atom stereocenters. The van der Waals surface area contributed by atoms with Crippen LogP contribution in [-0.4, -0.2) is 90.4 Å². The Hall–Kier alpha value is -5.79. The Morgan fingerprint density at radius 2 is 1.54 bits per heavy atom. The molecule has 4 radical (unpaired) electrons. The molecule has 4 amide bonds. The van der Waals surface area contributed by atoms with Gasteiger partial charge in [0.15, 0.2) is 5.96 Å². The van der Waals surface area contributed by atoms with E-state index >= 15 is 0 Å². The Morgan fingerprint density at radius 1 is 0.907 bits per heavy atom. The molecule has 1 heterocycles. The first-order chi connectivity index (χ1) is 25.3. The maximum atomic E-state index is 13.5. The van der Waals surface area contributed by atoms with Crippen molar-refractivity contribution in [1.29, 1.82) is 0 Å². The standard InChI is InChI=1S/C31H34B2ClF3N12O5/c32-30(33,31(35,36)37)54-28-47-26(46-27(48-28)49-29(11-12-29)16-5-7-17(34)8-6-16)43-18-9-3-15(4-10-18)23(52)44-19(2-1-13-42-25(40)41)24(53)45-20(22(39)51)14-21(38)50/h3-10,19-20H,1-2,11-14H2,(H2,38,50)(H2,39,51)(H,44,52)(H,45,53)(H4,40,41,42)(H2,43,46,47,48,49)/t19-,20-/m0/s1. The summed E-state index contributed by atoms with van der Waals surface area (Å²) in [4.78, 5) is 65.4. The second-order valence-corrected chi connectivity index (χ2v) is 12.6. The number of hydrogen-bond donors (Lipinski definition) is 8. The lowest BCUT2D eigenvalue weighted by Gasteiger charge is -2.29. The highest BCUT2D eigenvalue weighted by molar-refractivity contribution is 6.40. The van der Waals surface area contributed by atoms with Gasteiger partial charge in [-0.1, -0.05) is 23.7 Å². The highest BCUT2D eigenvalue weighted by Gasteiger charge is 2.49. The molecule has 2 aromatic carbocycles. The molecule has 1 aliphatic carbocycles. The molecule has 0 unspecified atom stereocenters. The van der Waals surface area contributed by atoms with Gasteiger partial charge in [0.05, 0.1) is 12.0 Å². The summed E-state index contributed by atoms with van der Waals surface area (Å²) in [7, 11) is 10.4. The van der Waals surface area contributed by atoms with Crippen molar-refractivity contribution in [2.24, 2.45) is 27.9 Å². The number of carbonyl (C=O) groups excluding carboxylic acids is 4. The Balaban J connectivity index is 1.53. The van der Waals surface area contributed by atoms with E-state index in [4.69, 9.17) is 55.0 Å². The largest absolute Gasteiger partial charge is 0.468 e.